The molecule has 6 heteroatoms. The summed E-state index contributed by atoms with van der Waals surface area (Å²) in [5.74, 6) is 0.582. The molecule has 2 aromatic carbocycles. The van der Waals surface area contributed by atoms with Crippen LogP contribution in [0.1, 0.15) is 31.9 Å². The van der Waals surface area contributed by atoms with Crippen molar-refractivity contribution in [1.82, 2.24) is 14.9 Å². The number of halogens is 1. The maximum Gasteiger partial charge on any atom is 0.216 e. The lowest BCUT2D eigenvalue weighted by molar-refractivity contribution is 0.590. The van der Waals surface area contributed by atoms with E-state index < -0.39 is 0 Å². The molecule has 3 aromatic rings. The molecule has 0 radical (unpaired) electrons. The topological polar surface area (TPSA) is 46.0 Å². The fraction of sp³-hybridized carbons (Fsp3) is 0.211. The Morgan fingerprint density at radius 2 is 1.80 bits per heavy atom. The van der Waals surface area contributed by atoms with Crippen LogP contribution >= 0.6 is 23.8 Å². The predicted octanol–water partition coefficient (Wildman–Crippen LogP) is 5.44. The van der Waals surface area contributed by atoms with E-state index in [-0.39, 0.29) is 5.41 Å². The molecule has 1 aromatic heterocycles. The molecule has 4 nitrogen and oxygen atoms in total. The highest BCUT2D eigenvalue weighted by Crippen LogP contribution is 2.26. The Labute approximate surface area is 157 Å². The van der Waals surface area contributed by atoms with Gasteiger partial charge in [-0.15, -0.1) is 0 Å². The molecule has 0 fully saturated rings. The van der Waals surface area contributed by atoms with Gasteiger partial charge >= 0.3 is 0 Å². The zero-order valence-corrected chi connectivity index (χ0v) is 15.9. The summed E-state index contributed by atoms with van der Waals surface area (Å²) < 4.78 is 1.99. The number of nitrogens with one attached hydrogen (secondary N) is 1. The van der Waals surface area contributed by atoms with Gasteiger partial charge in [-0.25, -0.2) is 5.10 Å². The number of hydrogen-bond donors (Lipinski definition) is 1. The number of benzene rings is 2. The first-order chi connectivity index (χ1) is 11.9. The summed E-state index contributed by atoms with van der Waals surface area (Å²) in [5, 5.41) is 12.1. The largest absolute Gasteiger partial charge is 0.250 e. The second-order valence-corrected chi connectivity index (χ2v) is 7.55. The van der Waals surface area contributed by atoms with Gasteiger partial charge in [-0.3, -0.25) is 0 Å². The maximum atomic E-state index is 6.26. The van der Waals surface area contributed by atoms with Crippen LogP contribution in [-0.2, 0) is 5.41 Å². The Balaban J connectivity index is 1.94. The lowest BCUT2D eigenvalue weighted by Crippen LogP contribution is -2.10. The Hall–Kier alpha value is -2.24. The van der Waals surface area contributed by atoms with E-state index in [0.717, 1.165) is 11.1 Å². The van der Waals surface area contributed by atoms with E-state index in [1.54, 1.807) is 10.9 Å². The number of hydrogen-bond acceptors (Lipinski definition) is 3. The van der Waals surface area contributed by atoms with E-state index in [2.05, 4.69) is 48.2 Å². The van der Waals surface area contributed by atoms with Gasteiger partial charge in [-0.2, -0.15) is 14.9 Å². The van der Waals surface area contributed by atoms with E-state index in [0.29, 0.717) is 15.6 Å². The van der Waals surface area contributed by atoms with Gasteiger partial charge in [0.05, 0.1) is 11.2 Å². The van der Waals surface area contributed by atoms with Gasteiger partial charge in [0.1, 0.15) is 0 Å². The van der Waals surface area contributed by atoms with E-state index >= 15 is 0 Å². The van der Waals surface area contributed by atoms with Crippen molar-refractivity contribution in [2.75, 3.05) is 0 Å². The van der Waals surface area contributed by atoms with Crippen LogP contribution in [0.4, 0.5) is 0 Å². The third kappa shape index (κ3) is 3.89. The van der Waals surface area contributed by atoms with Crippen molar-refractivity contribution in [3.8, 4) is 11.4 Å². The molecule has 0 amide bonds. The molecular weight excluding hydrogens is 352 g/mol. The predicted molar refractivity (Wildman–Crippen MR) is 106 cm³/mol. The molecule has 0 aliphatic carbocycles. The van der Waals surface area contributed by atoms with Crippen LogP contribution in [-0.4, -0.2) is 21.1 Å². The fourth-order valence-electron chi connectivity index (χ4n) is 2.41. The minimum Gasteiger partial charge on any atom is -0.250 e. The van der Waals surface area contributed by atoms with Crippen molar-refractivity contribution in [1.29, 1.82) is 0 Å². The summed E-state index contributed by atoms with van der Waals surface area (Å²) >= 11 is 11.6. The molecule has 1 N–H and O–H groups in total. The Kier molecular flexibility index (Phi) is 4.88. The van der Waals surface area contributed by atoms with Crippen LogP contribution in [0.2, 0.25) is 5.02 Å². The van der Waals surface area contributed by atoms with Gasteiger partial charge in [-0.05, 0) is 40.9 Å². The third-order valence-corrected chi connectivity index (χ3v) is 4.46. The molecule has 3 rings (SSSR count). The van der Waals surface area contributed by atoms with Gasteiger partial charge in [0.2, 0.25) is 4.77 Å². The summed E-state index contributed by atoms with van der Waals surface area (Å²) in [6, 6.07) is 15.8. The second kappa shape index (κ2) is 6.94. The summed E-state index contributed by atoms with van der Waals surface area (Å²) in [7, 11) is 0. The van der Waals surface area contributed by atoms with Gasteiger partial charge in [0, 0.05) is 5.56 Å². The van der Waals surface area contributed by atoms with E-state index in [9.17, 15) is 0 Å². The minimum absolute atomic E-state index is 0.125. The number of nitrogens with zero attached hydrogens (tertiary/aromatic N) is 3. The summed E-state index contributed by atoms with van der Waals surface area (Å²) in [6.07, 6.45) is 1.76. The first-order valence-electron chi connectivity index (χ1n) is 7.93. The van der Waals surface area contributed by atoms with E-state index in [1.807, 2.05) is 36.4 Å². The molecule has 0 spiro atoms. The van der Waals surface area contributed by atoms with Crippen molar-refractivity contribution in [3.05, 3.63) is 69.5 Å². The van der Waals surface area contributed by atoms with Gasteiger partial charge in [0.25, 0.3) is 0 Å². The van der Waals surface area contributed by atoms with Crippen LogP contribution in [0.25, 0.3) is 11.4 Å². The van der Waals surface area contributed by atoms with Crippen LogP contribution in [0.5, 0.6) is 0 Å². The zero-order valence-electron chi connectivity index (χ0n) is 14.3. The van der Waals surface area contributed by atoms with Crippen LogP contribution in [0, 0.1) is 4.77 Å². The van der Waals surface area contributed by atoms with Crippen molar-refractivity contribution in [2.24, 2.45) is 5.10 Å². The fourth-order valence-corrected chi connectivity index (χ4v) is 2.81. The average molecular weight is 371 g/mol. The normalized spacial score (nSPS) is 12.0. The quantitative estimate of drug-likeness (QED) is 0.492. The van der Waals surface area contributed by atoms with Crippen LogP contribution in [0.15, 0.2) is 53.6 Å². The minimum atomic E-state index is 0.125. The highest BCUT2D eigenvalue weighted by Gasteiger charge is 2.13. The smallest absolute Gasteiger partial charge is 0.216 e. The molecule has 0 saturated carbocycles. The van der Waals surface area contributed by atoms with E-state index in [4.69, 9.17) is 23.8 Å². The molecule has 0 atom stereocenters. The first-order valence-corrected chi connectivity index (χ1v) is 8.72. The Bertz CT molecular complexity index is 962. The maximum absolute atomic E-state index is 6.26. The van der Waals surface area contributed by atoms with Crippen molar-refractivity contribution in [2.45, 2.75) is 26.2 Å². The number of rotatable bonds is 3. The average Bonchev–Trinajstić information content (AvgIpc) is 2.93. The summed E-state index contributed by atoms with van der Waals surface area (Å²) in [5.41, 5.74) is 3.17. The van der Waals surface area contributed by atoms with Gasteiger partial charge in [0.15, 0.2) is 5.82 Å². The lowest BCUT2D eigenvalue weighted by Gasteiger charge is -2.18. The molecule has 0 aliphatic heterocycles. The van der Waals surface area contributed by atoms with Gasteiger partial charge in [-0.1, -0.05) is 68.8 Å². The lowest BCUT2D eigenvalue weighted by atomic mass is 9.87. The number of aromatic amines is 1. The highest BCUT2D eigenvalue weighted by molar-refractivity contribution is 7.71. The molecule has 0 unspecified atom stereocenters. The zero-order chi connectivity index (χ0) is 18.0. The molecular formula is C19H19ClN4S. The number of aromatic nitrogens is 3. The first kappa shape index (κ1) is 17.6. The monoisotopic (exact) mass is 370 g/mol. The van der Waals surface area contributed by atoms with Crippen molar-refractivity contribution < 1.29 is 0 Å². The van der Waals surface area contributed by atoms with Crippen LogP contribution in [0.3, 0.4) is 0 Å². The van der Waals surface area contributed by atoms with Crippen LogP contribution < -0.4 is 0 Å². The molecule has 0 bridgehead atoms. The van der Waals surface area contributed by atoms with Gasteiger partial charge < -0.3 is 0 Å². The second-order valence-electron chi connectivity index (χ2n) is 6.76. The summed E-state index contributed by atoms with van der Waals surface area (Å²) in [4.78, 5) is 0. The van der Waals surface area contributed by atoms with E-state index in [1.165, 1.54) is 5.56 Å². The Morgan fingerprint density at radius 1 is 1.12 bits per heavy atom. The number of H-pyrrole nitrogens is 1. The standard InChI is InChI=1S/C19H19ClN4S/c1-19(2,3)14-10-8-13(9-11-14)12-21-24-17(22-23-18(24)25)15-6-4-5-7-16(15)20/h4-12H,1-3H3,(H,23,25)/b21-12+. The SMILES string of the molecule is CC(C)(C)c1ccc(/C=N/n2c(-c3ccccc3Cl)n[nH]c2=S)cc1. The summed E-state index contributed by atoms with van der Waals surface area (Å²) in [6.45, 7) is 6.57. The third-order valence-electron chi connectivity index (χ3n) is 3.86. The molecule has 0 saturated heterocycles. The van der Waals surface area contributed by atoms with Crippen molar-refractivity contribution in [3.63, 3.8) is 0 Å². The molecule has 25 heavy (non-hydrogen) atoms. The molecule has 128 valence electrons. The molecule has 0 aliphatic rings. The Morgan fingerprint density at radius 3 is 2.44 bits per heavy atom. The molecule has 1 heterocycles. The highest BCUT2D eigenvalue weighted by atomic mass is 35.5. The van der Waals surface area contributed by atoms with Crippen molar-refractivity contribution >= 4 is 30.0 Å².